The minimum absolute atomic E-state index is 0.168. The quantitative estimate of drug-likeness (QED) is 0.572. The second-order valence-electron chi connectivity index (χ2n) is 9.04. The Balaban J connectivity index is 2.43. The lowest BCUT2D eigenvalue weighted by atomic mass is 10.1. The van der Waals surface area contributed by atoms with Crippen LogP contribution in [-0.2, 0) is 20.7 Å². The lowest BCUT2D eigenvalue weighted by Crippen LogP contribution is -2.45. The Bertz CT molecular complexity index is 735. The Morgan fingerprint density at radius 3 is 2.00 bits per heavy atom. The van der Waals surface area contributed by atoms with Gasteiger partial charge in [-0.3, -0.25) is 10.5 Å². The van der Waals surface area contributed by atoms with Gasteiger partial charge in [0.25, 0.3) is 5.91 Å². The van der Waals surface area contributed by atoms with E-state index in [9.17, 15) is 14.4 Å². The Hall–Kier alpha value is -2.97. The number of nitrogens with one attached hydrogen (secondary N) is 3. The number of alkyl carbamates (subject to hydrolysis) is 2. The molecule has 0 saturated heterocycles. The highest BCUT2D eigenvalue weighted by Crippen LogP contribution is 2.14. The van der Waals surface area contributed by atoms with Crippen molar-refractivity contribution < 1.29 is 28.6 Å². The maximum Gasteiger partial charge on any atom is 0.408 e. The lowest BCUT2D eigenvalue weighted by molar-refractivity contribution is -0.120. The highest BCUT2D eigenvalue weighted by atomic mass is 16.6. The second-order valence-corrected chi connectivity index (χ2v) is 9.04. The highest BCUT2D eigenvalue weighted by Gasteiger charge is 2.23. The molecule has 0 aliphatic carbocycles. The van der Waals surface area contributed by atoms with Gasteiger partial charge in [-0.2, -0.15) is 0 Å². The van der Waals surface area contributed by atoms with E-state index in [1.807, 2.05) is 0 Å². The Labute approximate surface area is 184 Å². The number of benzene rings is 1. The third-order valence-corrected chi connectivity index (χ3v) is 3.63. The molecular formula is C22H34N3O6. The first-order chi connectivity index (χ1) is 14.2. The molecule has 1 atom stereocenters. The Morgan fingerprint density at radius 1 is 0.935 bits per heavy atom. The van der Waals surface area contributed by atoms with Gasteiger partial charge in [0.1, 0.15) is 23.0 Å². The van der Waals surface area contributed by atoms with Crippen molar-refractivity contribution in [1.82, 2.24) is 16.4 Å². The highest BCUT2D eigenvalue weighted by molar-refractivity contribution is 5.84. The van der Waals surface area contributed by atoms with Gasteiger partial charge in [-0.05, 0) is 65.7 Å². The molecule has 0 aliphatic heterocycles. The largest absolute Gasteiger partial charge is 0.494 e. The number of carbonyl (C=O) groups is 3. The third-order valence-electron chi connectivity index (χ3n) is 3.63. The van der Waals surface area contributed by atoms with Crippen LogP contribution in [0.4, 0.5) is 9.59 Å². The maximum atomic E-state index is 11.9. The van der Waals surface area contributed by atoms with E-state index in [1.54, 1.807) is 65.8 Å². The molecule has 0 heterocycles. The number of rotatable bonds is 9. The van der Waals surface area contributed by atoms with Crippen molar-refractivity contribution in [2.75, 3.05) is 13.2 Å². The summed E-state index contributed by atoms with van der Waals surface area (Å²) in [5.74, 6) is -0.265. The van der Waals surface area contributed by atoms with Crippen LogP contribution in [-0.4, -0.2) is 48.5 Å². The van der Waals surface area contributed by atoms with E-state index in [-0.39, 0.29) is 6.42 Å². The molecule has 0 saturated carbocycles. The van der Waals surface area contributed by atoms with E-state index in [0.29, 0.717) is 25.3 Å². The van der Waals surface area contributed by atoms with Gasteiger partial charge in [-0.1, -0.05) is 12.1 Å². The summed E-state index contributed by atoms with van der Waals surface area (Å²) in [7, 11) is 0. The molecule has 3 N–H and O–H groups in total. The van der Waals surface area contributed by atoms with Crippen LogP contribution >= 0.6 is 0 Å². The summed E-state index contributed by atoms with van der Waals surface area (Å²) in [5.41, 5.74) is 6.92. The molecule has 0 fully saturated rings. The molecule has 0 aromatic heterocycles. The van der Waals surface area contributed by atoms with Gasteiger partial charge in [-0.25, -0.2) is 9.59 Å². The number of carbonyl (C=O) groups excluding carboxylic acids is 3. The zero-order valence-corrected chi connectivity index (χ0v) is 19.2. The summed E-state index contributed by atoms with van der Waals surface area (Å²) in [6.45, 7) is 11.4. The first kappa shape index (κ1) is 26.1. The number of amides is 3. The number of hydrogen-bond donors (Lipinski definition) is 2. The summed E-state index contributed by atoms with van der Waals surface area (Å²) in [6, 6.07) is 6.02. The molecule has 3 amide bonds. The molecule has 31 heavy (non-hydrogen) atoms. The minimum atomic E-state index is -0.999. The average molecular weight is 437 g/mol. The van der Waals surface area contributed by atoms with Crippen molar-refractivity contribution >= 4 is 18.1 Å². The monoisotopic (exact) mass is 436 g/mol. The van der Waals surface area contributed by atoms with Gasteiger partial charge < -0.3 is 24.8 Å². The smallest absolute Gasteiger partial charge is 0.408 e. The topological polar surface area (TPSA) is 127 Å². The summed E-state index contributed by atoms with van der Waals surface area (Å²) < 4.78 is 15.9. The number of hydrogen-bond acceptors (Lipinski definition) is 6. The average Bonchev–Trinajstić information content (AvgIpc) is 2.59. The standard InChI is InChI=1S/C22H34N3O6/c1-21(2,3)30-19(27)24-12-7-13-29-16-10-8-15(9-11-16)14-17(18(23)26)25-20(28)31-22(4,5)6/h8-11,17,23H,7,12-14H2,1-6H3,(H,24,27)(H,25,28). The van der Waals surface area contributed by atoms with E-state index in [0.717, 1.165) is 5.56 Å². The molecule has 9 nitrogen and oxygen atoms in total. The van der Waals surface area contributed by atoms with Gasteiger partial charge in [0.2, 0.25) is 0 Å². The molecular weight excluding hydrogens is 402 g/mol. The van der Waals surface area contributed by atoms with Crippen LogP contribution in [0.5, 0.6) is 5.75 Å². The van der Waals surface area contributed by atoms with Crippen molar-refractivity contribution in [2.24, 2.45) is 0 Å². The van der Waals surface area contributed by atoms with Crippen LogP contribution in [0.1, 0.15) is 53.5 Å². The first-order valence-corrected chi connectivity index (χ1v) is 10.2. The molecule has 1 aromatic carbocycles. The van der Waals surface area contributed by atoms with E-state index in [2.05, 4.69) is 10.6 Å². The van der Waals surface area contributed by atoms with Crippen LogP contribution in [0.15, 0.2) is 24.3 Å². The van der Waals surface area contributed by atoms with Crippen molar-refractivity contribution in [3.8, 4) is 5.75 Å². The molecule has 0 spiro atoms. The summed E-state index contributed by atoms with van der Waals surface area (Å²) in [5, 5.41) is 5.09. The predicted octanol–water partition coefficient (Wildman–Crippen LogP) is 3.23. The van der Waals surface area contributed by atoms with Crippen molar-refractivity contribution in [2.45, 2.75) is 71.6 Å². The zero-order valence-electron chi connectivity index (χ0n) is 19.2. The molecule has 9 heteroatoms. The van der Waals surface area contributed by atoms with Crippen molar-refractivity contribution in [3.05, 3.63) is 29.8 Å². The lowest BCUT2D eigenvalue weighted by Gasteiger charge is -2.22. The molecule has 1 rings (SSSR count). The van der Waals surface area contributed by atoms with Gasteiger partial charge in [0.05, 0.1) is 6.61 Å². The molecule has 173 valence electrons. The van der Waals surface area contributed by atoms with E-state index in [1.165, 1.54) is 0 Å². The molecule has 0 aliphatic rings. The predicted molar refractivity (Wildman–Crippen MR) is 116 cm³/mol. The summed E-state index contributed by atoms with van der Waals surface area (Å²) in [4.78, 5) is 35.0. The van der Waals surface area contributed by atoms with Crippen LogP contribution < -0.4 is 21.1 Å². The fraction of sp³-hybridized carbons (Fsp3) is 0.591. The summed E-state index contributed by atoms with van der Waals surface area (Å²) in [6.07, 6.45) is -0.425. The fourth-order valence-electron chi connectivity index (χ4n) is 2.38. The number of ether oxygens (including phenoxy) is 3. The molecule has 0 bridgehead atoms. The van der Waals surface area contributed by atoms with Gasteiger partial charge >= 0.3 is 12.2 Å². The maximum absolute atomic E-state index is 11.9. The zero-order chi connectivity index (χ0) is 23.7. The van der Waals surface area contributed by atoms with Gasteiger partial charge in [0.15, 0.2) is 0 Å². The second kappa shape index (κ2) is 11.4. The SMILES string of the molecule is CC(C)(C)OC(=O)NCCCOc1ccc(CC(NC(=O)OC(C)(C)C)C([NH])=O)cc1. The van der Waals surface area contributed by atoms with E-state index >= 15 is 0 Å². The third kappa shape index (κ3) is 12.3. The van der Waals surface area contributed by atoms with Gasteiger partial charge in [0, 0.05) is 13.0 Å². The summed E-state index contributed by atoms with van der Waals surface area (Å²) >= 11 is 0. The van der Waals surface area contributed by atoms with Crippen LogP contribution in [0, 0.1) is 0 Å². The first-order valence-electron chi connectivity index (χ1n) is 10.2. The van der Waals surface area contributed by atoms with Crippen LogP contribution in [0.3, 0.4) is 0 Å². The van der Waals surface area contributed by atoms with Crippen LogP contribution in [0.2, 0.25) is 0 Å². The van der Waals surface area contributed by atoms with E-state index in [4.69, 9.17) is 19.9 Å². The Morgan fingerprint density at radius 2 is 1.48 bits per heavy atom. The minimum Gasteiger partial charge on any atom is -0.494 e. The van der Waals surface area contributed by atoms with Crippen molar-refractivity contribution in [1.29, 1.82) is 0 Å². The van der Waals surface area contributed by atoms with Crippen LogP contribution in [0.25, 0.3) is 0 Å². The molecule has 1 unspecified atom stereocenters. The normalized spacial score (nSPS) is 12.5. The molecule has 1 aromatic rings. The Kier molecular flexibility index (Phi) is 9.61. The van der Waals surface area contributed by atoms with E-state index < -0.39 is 35.3 Å². The van der Waals surface area contributed by atoms with Crippen molar-refractivity contribution in [3.63, 3.8) is 0 Å². The van der Waals surface area contributed by atoms with Gasteiger partial charge in [-0.15, -0.1) is 0 Å². The fourth-order valence-corrected chi connectivity index (χ4v) is 2.38. The molecule has 1 radical (unpaired) electrons.